The number of carboxylic acid groups (broad SMARTS) is 1. The number of aromatic nitrogens is 2. The molecular formula is C23H22F2N4O5. The number of hydrogen-bond donors (Lipinski definition) is 3. The van der Waals surface area contributed by atoms with Gasteiger partial charge >= 0.3 is 6.16 Å². The number of anilines is 1. The first kappa shape index (κ1) is 22.2. The van der Waals surface area contributed by atoms with E-state index >= 15 is 0 Å². The van der Waals surface area contributed by atoms with Crippen LogP contribution in [0.4, 0.5) is 19.3 Å². The summed E-state index contributed by atoms with van der Waals surface area (Å²) in [4.78, 5) is 30.4. The predicted octanol–water partition coefficient (Wildman–Crippen LogP) is 2.17. The second-order valence-electron chi connectivity index (χ2n) is 8.90. The van der Waals surface area contributed by atoms with Gasteiger partial charge in [-0.05, 0) is 30.2 Å². The molecule has 0 atom stereocenters. The van der Waals surface area contributed by atoms with E-state index in [1.54, 1.807) is 13.0 Å². The van der Waals surface area contributed by atoms with Crippen LogP contribution in [-0.4, -0.2) is 56.2 Å². The third kappa shape index (κ3) is 3.48. The van der Waals surface area contributed by atoms with E-state index in [2.05, 4.69) is 9.72 Å². The maximum absolute atomic E-state index is 14.3. The second-order valence-corrected chi connectivity index (χ2v) is 8.90. The van der Waals surface area contributed by atoms with E-state index in [0.717, 1.165) is 11.1 Å². The molecule has 1 aromatic carbocycles. The lowest BCUT2D eigenvalue weighted by atomic mass is 9.94. The zero-order chi connectivity index (χ0) is 24.4. The Labute approximate surface area is 192 Å². The molecule has 4 heterocycles. The third-order valence-corrected chi connectivity index (χ3v) is 6.52. The van der Waals surface area contributed by atoms with Crippen molar-refractivity contribution in [3.05, 3.63) is 56.6 Å². The molecule has 2 aliphatic heterocycles. The van der Waals surface area contributed by atoms with Crippen LogP contribution in [0.2, 0.25) is 0 Å². The van der Waals surface area contributed by atoms with E-state index in [1.807, 2.05) is 4.90 Å². The van der Waals surface area contributed by atoms with Crippen molar-refractivity contribution in [2.75, 3.05) is 25.4 Å². The first-order chi connectivity index (χ1) is 16.1. The Morgan fingerprint density at radius 3 is 2.71 bits per heavy atom. The average molecular weight is 472 g/mol. The second kappa shape index (κ2) is 7.74. The van der Waals surface area contributed by atoms with E-state index in [4.69, 9.17) is 10.8 Å². The SMILES string of the molecule is Cc1cc2n(c(=O)c1COC(=O)O)Cc1c-2nc2cc(F)c(N)cc2c1CN1CC(F)(CO)C1. The number of pyridine rings is 2. The van der Waals surface area contributed by atoms with Gasteiger partial charge in [0.05, 0.1) is 41.3 Å². The zero-order valence-corrected chi connectivity index (χ0v) is 18.3. The van der Waals surface area contributed by atoms with Crippen molar-refractivity contribution in [2.24, 2.45) is 0 Å². The fraction of sp³-hybridized carbons (Fsp3) is 0.348. The minimum absolute atomic E-state index is 0.0431. The molecule has 0 spiro atoms. The number of nitrogens with zero attached hydrogens (tertiary/aromatic N) is 3. The molecule has 3 aromatic rings. The minimum Gasteiger partial charge on any atom is -0.450 e. The Hall–Kier alpha value is -3.57. The van der Waals surface area contributed by atoms with Crippen LogP contribution in [0.3, 0.4) is 0 Å². The molecule has 5 rings (SSSR count). The van der Waals surface area contributed by atoms with Gasteiger partial charge in [-0.15, -0.1) is 0 Å². The monoisotopic (exact) mass is 472 g/mol. The van der Waals surface area contributed by atoms with Crippen LogP contribution in [-0.2, 0) is 24.4 Å². The summed E-state index contributed by atoms with van der Waals surface area (Å²) >= 11 is 0. The molecule has 0 unspecified atom stereocenters. The highest BCUT2D eigenvalue weighted by molar-refractivity contribution is 5.90. The fourth-order valence-electron chi connectivity index (χ4n) is 4.79. The highest BCUT2D eigenvalue weighted by atomic mass is 19.1. The van der Waals surface area contributed by atoms with Gasteiger partial charge in [0.15, 0.2) is 5.67 Å². The summed E-state index contributed by atoms with van der Waals surface area (Å²) in [5, 5.41) is 18.7. The summed E-state index contributed by atoms with van der Waals surface area (Å²) in [5.74, 6) is -0.620. The van der Waals surface area contributed by atoms with Gasteiger partial charge < -0.3 is 25.3 Å². The number of nitrogen functional groups attached to an aromatic ring is 1. The van der Waals surface area contributed by atoms with Gasteiger partial charge in [0.2, 0.25) is 0 Å². The average Bonchev–Trinajstić information content (AvgIpc) is 3.11. The number of likely N-dealkylation sites (tertiary alicyclic amines) is 1. The smallest absolute Gasteiger partial charge is 0.450 e. The number of aliphatic hydroxyl groups is 1. The van der Waals surface area contributed by atoms with Crippen molar-refractivity contribution < 1.29 is 28.5 Å². The Kier molecular flexibility index (Phi) is 5.06. The summed E-state index contributed by atoms with van der Waals surface area (Å²) in [6, 6.07) is 4.46. The van der Waals surface area contributed by atoms with E-state index in [-0.39, 0.29) is 37.5 Å². The molecular weight excluding hydrogens is 450 g/mol. The molecule has 34 heavy (non-hydrogen) atoms. The summed E-state index contributed by atoms with van der Waals surface area (Å²) < 4.78 is 34.7. The predicted molar refractivity (Wildman–Crippen MR) is 119 cm³/mol. The largest absolute Gasteiger partial charge is 0.506 e. The third-order valence-electron chi connectivity index (χ3n) is 6.52. The van der Waals surface area contributed by atoms with Crippen LogP contribution < -0.4 is 11.3 Å². The fourth-order valence-corrected chi connectivity index (χ4v) is 4.79. The number of nitrogens with two attached hydrogens (primary N) is 1. The summed E-state index contributed by atoms with van der Waals surface area (Å²) in [5.41, 5.74) is 7.33. The topological polar surface area (TPSA) is 131 Å². The van der Waals surface area contributed by atoms with Gasteiger partial charge in [0.1, 0.15) is 12.4 Å². The Balaban J connectivity index is 1.65. The molecule has 11 heteroatoms. The quantitative estimate of drug-likeness (QED) is 0.298. The van der Waals surface area contributed by atoms with Gasteiger partial charge in [-0.3, -0.25) is 9.69 Å². The van der Waals surface area contributed by atoms with Crippen LogP contribution in [0, 0.1) is 12.7 Å². The van der Waals surface area contributed by atoms with Crippen molar-refractivity contribution in [3.8, 4) is 11.4 Å². The number of aryl methyl sites for hydroxylation is 1. The number of halogens is 2. The number of alkyl halides is 1. The molecule has 0 saturated carbocycles. The van der Waals surface area contributed by atoms with Crippen LogP contribution >= 0.6 is 0 Å². The lowest BCUT2D eigenvalue weighted by molar-refractivity contribution is -0.0705. The molecule has 1 saturated heterocycles. The molecule has 0 aliphatic carbocycles. The highest BCUT2D eigenvalue weighted by Crippen LogP contribution is 2.39. The summed E-state index contributed by atoms with van der Waals surface area (Å²) in [6.07, 6.45) is -1.48. The number of aliphatic hydroxyl groups excluding tert-OH is 1. The Bertz CT molecular complexity index is 1420. The number of ether oxygens (including phenoxy) is 1. The minimum atomic E-state index is -1.66. The molecule has 0 bridgehead atoms. The van der Waals surface area contributed by atoms with Gasteiger partial charge in [0.25, 0.3) is 5.56 Å². The highest BCUT2D eigenvalue weighted by Gasteiger charge is 2.43. The number of carbonyl (C=O) groups is 1. The molecule has 2 aromatic heterocycles. The molecule has 1 fully saturated rings. The van der Waals surface area contributed by atoms with E-state index < -0.39 is 29.8 Å². The summed E-state index contributed by atoms with van der Waals surface area (Å²) in [6.45, 7) is 1.27. The Morgan fingerprint density at radius 2 is 2.03 bits per heavy atom. The lowest BCUT2D eigenvalue weighted by Crippen LogP contribution is -2.60. The van der Waals surface area contributed by atoms with Crippen LogP contribution in [0.15, 0.2) is 23.0 Å². The molecule has 178 valence electrons. The molecule has 0 radical (unpaired) electrons. The number of hydrogen-bond acceptors (Lipinski definition) is 7. The van der Waals surface area contributed by atoms with Gasteiger partial charge in [-0.1, -0.05) is 0 Å². The van der Waals surface area contributed by atoms with Crippen LogP contribution in [0.1, 0.15) is 22.3 Å². The maximum atomic E-state index is 14.3. The van der Waals surface area contributed by atoms with Gasteiger partial charge in [0, 0.05) is 36.7 Å². The van der Waals surface area contributed by atoms with Crippen molar-refractivity contribution in [2.45, 2.75) is 32.3 Å². The zero-order valence-electron chi connectivity index (χ0n) is 18.3. The first-order valence-corrected chi connectivity index (χ1v) is 10.6. The van der Waals surface area contributed by atoms with Crippen molar-refractivity contribution in [1.29, 1.82) is 0 Å². The summed E-state index contributed by atoms with van der Waals surface area (Å²) in [7, 11) is 0. The number of benzene rings is 1. The van der Waals surface area contributed by atoms with Crippen molar-refractivity contribution in [3.63, 3.8) is 0 Å². The normalized spacial score (nSPS) is 16.2. The molecule has 4 N–H and O–H groups in total. The molecule has 9 nitrogen and oxygen atoms in total. The number of rotatable bonds is 5. The van der Waals surface area contributed by atoms with E-state index in [0.29, 0.717) is 34.4 Å². The standard InChI is InChI=1S/C23H22F2N4O5/c1-11-2-19-20-14(6-29(19)21(31)15(11)7-34-22(32)33)13(5-28-8-23(25,9-28)10-30)12-3-17(26)16(24)4-18(12)27-20/h2-4,30H,5-10,26H2,1H3,(H,32,33). The molecule has 2 aliphatic rings. The van der Waals surface area contributed by atoms with E-state index in [1.165, 1.54) is 16.7 Å². The maximum Gasteiger partial charge on any atom is 0.506 e. The van der Waals surface area contributed by atoms with Crippen molar-refractivity contribution >= 4 is 22.7 Å². The van der Waals surface area contributed by atoms with Crippen molar-refractivity contribution in [1.82, 2.24) is 14.5 Å². The lowest BCUT2D eigenvalue weighted by Gasteiger charge is -2.43. The van der Waals surface area contributed by atoms with E-state index in [9.17, 15) is 23.5 Å². The van der Waals surface area contributed by atoms with Gasteiger partial charge in [-0.2, -0.15) is 0 Å². The van der Waals surface area contributed by atoms with Crippen LogP contribution in [0.25, 0.3) is 22.3 Å². The number of fused-ring (bicyclic) bond motifs is 4. The van der Waals surface area contributed by atoms with Gasteiger partial charge in [-0.25, -0.2) is 18.6 Å². The molecule has 0 amide bonds. The first-order valence-electron chi connectivity index (χ1n) is 10.6. The Morgan fingerprint density at radius 1 is 1.29 bits per heavy atom. The van der Waals surface area contributed by atoms with Crippen LogP contribution in [0.5, 0.6) is 0 Å².